The highest BCUT2D eigenvalue weighted by Crippen LogP contribution is 2.25. The summed E-state index contributed by atoms with van der Waals surface area (Å²) in [6.07, 6.45) is 1.92. The number of aryl methyl sites for hydroxylation is 1. The van der Waals surface area contributed by atoms with Gasteiger partial charge in [0.1, 0.15) is 0 Å². The van der Waals surface area contributed by atoms with E-state index in [1.807, 2.05) is 73.8 Å². The maximum atomic E-state index is 12.9. The number of carbonyl (C=O) groups is 2. The van der Waals surface area contributed by atoms with Gasteiger partial charge >= 0.3 is 5.91 Å². The van der Waals surface area contributed by atoms with E-state index in [0.29, 0.717) is 11.5 Å². The topological polar surface area (TPSA) is 61.2 Å². The molecule has 3 aromatic carbocycles. The zero-order valence-corrected chi connectivity index (χ0v) is 18.6. The van der Waals surface area contributed by atoms with Crippen molar-refractivity contribution in [3.05, 3.63) is 107 Å². The molecule has 0 radical (unpaired) electrons. The van der Waals surface area contributed by atoms with E-state index in [1.165, 1.54) is 5.56 Å². The Bertz CT molecular complexity index is 1150. The van der Waals surface area contributed by atoms with Crippen LogP contribution in [0.25, 0.3) is 0 Å². The maximum Gasteiger partial charge on any atom is 0.304 e. The van der Waals surface area contributed by atoms with E-state index >= 15 is 0 Å². The van der Waals surface area contributed by atoms with Crippen molar-refractivity contribution < 1.29 is 14.3 Å². The van der Waals surface area contributed by atoms with Crippen molar-refractivity contribution in [3.8, 4) is 0 Å². The number of hydrazine groups is 1. The molecule has 0 saturated carbocycles. The van der Waals surface area contributed by atoms with Crippen LogP contribution in [0.1, 0.15) is 58.4 Å². The fourth-order valence-corrected chi connectivity index (χ4v) is 3.97. The third-order valence-electron chi connectivity index (χ3n) is 5.74. The summed E-state index contributed by atoms with van der Waals surface area (Å²) < 4.78 is 1.79. The predicted molar refractivity (Wildman–Crippen MR) is 126 cm³/mol. The summed E-state index contributed by atoms with van der Waals surface area (Å²) in [6.45, 7) is 6.26. The van der Waals surface area contributed by atoms with Gasteiger partial charge in [-0.15, -0.1) is 10.1 Å². The van der Waals surface area contributed by atoms with Gasteiger partial charge in [-0.2, -0.15) is 0 Å². The SMILES string of the molecule is Cc1cccc(C(=O)N[C@H]2C(=O)N/[N+](=C\c3ccc(C(C)C)cc3)[C@@H]2c2ccccc2)c1. The normalized spacial score (nSPS) is 19.2. The van der Waals surface area contributed by atoms with Crippen LogP contribution >= 0.6 is 0 Å². The van der Waals surface area contributed by atoms with E-state index in [2.05, 4.69) is 36.7 Å². The lowest BCUT2D eigenvalue weighted by Crippen LogP contribution is -2.42. The smallest absolute Gasteiger partial charge is 0.304 e. The summed E-state index contributed by atoms with van der Waals surface area (Å²) >= 11 is 0. The van der Waals surface area contributed by atoms with Gasteiger partial charge in [-0.05, 0) is 42.7 Å². The van der Waals surface area contributed by atoms with Gasteiger partial charge in [-0.3, -0.25) is 9.59 Å². The second-order valence-electron chi connectivity index (χ2n) is 8.51. The minimum atomic E-state index is -0.725. The highest BCUT2D eigenvalue weighted by atomic mass is 16.2. The molecule has 1 fully saturated rings. The van der Waals surface area contributed by atoms with E-state index < -0.39 is 6.04 Å². The van der Waals surface area contributed by atoms with Crippen molar-refractivity contribution in [2.75, 3.05) is 0 Å². The van der Waals surface area contributed by atoms with Gasteiger partial charge < -0.3 is 5.32 Å². The van der Waals surface area contributed by atoms with Crippen molar-refractivity contribution >= 4 is 18.0 Å². The number of nitrogens with one attached hydrogen (secondary N) is 2. The molecule has 5 heteroatoms. The Morgan fingerprint density at radius 2 is 1.72 bits per heavy atom. The lowest BCUT2D eigenvalue weighted by Gasteiger charge is -2.15. The van der Waals surface area contributed by atoms with Crippen LogP contribution in [0, 0.1) is 6.92 Å². The molecular formula is C27H28N3O2+. The van der Waals surface area contributed by atoms with Gasteiger partial charge in [-0.25, -0.2) is 0 Å². The Kier molecular flexibility index (Phi) is 6.17. The van der Waals surface area contributed by atoms with Crippen molar-refractivity contribution in [2.24, 2.45) is 0 Å². The molecule has 32 heavy (non-hydrogen) atoms. The molecule has 0 unspecified atom stereocenters. The van der Waals surface area contributed by atoms with E-state index in [4.69, 9.17) is 0 Å². The molecule has 1 heterocycles. The first kappa shape index (κ1) is 21.5. The molecular weight excluding hydrogens is 398 g/mol. The molecule has 2 amide bonds. The van der Waals surface area contributed by atoms with Crippen LogP contribution in [0.4, 0.5) is 0 Å². The van der Waals surface area contributed by atoms with E-state index in [9.17, 15) is 9.59 Å². The van der Waals surface area contributed by atoms with Gasteiger partial charge in [0.2, 0.25) is 12.3 Å². The first-order chi connectivity index (χ1) is 15.4. The number of benzene rings is 3. The number of hydrogen-bond acceptors (Lipinski definition) is 2. The fraction of sp³-hybridized carbons (Fsp3) is 0.222. The van der Waals surface area contributed by atoms with Crippen molar-refractivity contribution in [2.45, 2.75) is 38.8 Å². The Balaban J connectivity index is 1.67. The second kappa shape index (κ2) is 9.18. The number of nitrogens with zero attached hydrogens (tertiary/aromatic N) is 1. The number of amides is 2. The molecule has 0 bridgehead atoms. The lowest BCUT2D eigenvalue weighted by molar-refractivity contribution is -0.596. The van der Waals surface area contributed by atoms with Gasteiger partial charge in [0.25, 0.3) is 5.91 Å². The minimum Gasteiger partial charge on any atom is -0.334 e. The summed E-state index contributed by atoms with van der Waals surface area (Å²) in [5, 5.41) is 2.95. The zero-order valence-electron chi connectivity index (χ0n) is 18.6. The maximum absolute atomic E-state index is 12.9. The largest absolute Gasteiger partial charge is 0.334 e. The summed E-state index contributed by atoms with van der Waals surface area (Å²) in [5.41, 5.74) is 7.64. The summed E-state index contributed by atoms with van der Waals surface area (Å²) in [5.74, 6) is -0.0540. The van der Waals surface area contributed by atoms with E-state index in [-0.39, 0.29) is 17.9 Å². The van der Waals surface area contributed by atoms with Crippen LogP contribution in [0.2, 0.25) is 0 Å². The molecule has 3 aromatic rings. The van der Waals surface area contributed by atoms with Crippen molar-refractivity contribution in [3.63, 3.8) is 0 Å². The monoisotopic (exact) mass is 426 g/mol. The van der Waals surface area contributed by atoms with Crippen molar-refractivity contribution in [1.29, 1.82) is 0 Å². The average Bonchev–Trinajstić information content (AvgIpc) is 3.09. The number of rotatable bonds is 5. The number of hydrazone groups is 1. The molecule has 0 aromatic heterocycles. The fourth-order valence-electron chi connectivity index (χ4n) is 3.97. The summed E-state index contributed by atoms with van der Waals surface area (Å²) in [4.78, 5) is 25.9. The molecule has 162 valence electrons. The summed E-state index contributed by atoms with van der Waals surface area (Å²) in [6, 6.07) is 24.3. The van der Waals surface area contributed by atoms with E-state index in [1.54, 1.807) is 10.8 Å². The Hall–Kier alpha value is -3.73. The Morgan fingerprint density at radius 1 is 1.00 bits per heavy atom. The molecule has 2 N–H and O–H groups in total. The first-order valence-corrected chi connectivity index (χ1v) is 10.9. The van der Waals surface area contributed by atoms with Gasteiger partial charge in [0, 0.05) is 16.7 Å². The lowest BCUT2D eigenvalue weighted by atomic mass is 9.99. The van der Waals surface area contributed by atoms with Gasteiger partial charge in [0.05, 0.1) is 0 Å². The van der Waals surface area contributed by atoms with E-state index in [0.717, 1.165) is 16.7 Å². The van der Waals surface area contributed by atoms with Crippen LogP contribution < -0.4 is 10.7 Å². The second-order valence-corrected chi connectivity index (χ2v) is 8.51. The van der Waals surface area contributed by atoms with Crippen LogP contribution in [0.15, 0.2) is 78.9 Å². The minimum absolute atomic E-state index is 0.241. The molecule has 2 atom stereocenters. The van der Waals surface area contributed by atoms with Crippen LogP contribution in [0.3, 0.4) is 0 Å². The van der Waals surface area contributed by atoms with Crippen LogP contribution in [0.5, 0.6) is 0 Å². The molecule has 1 saturated heterocycles. The highest BCUT2D eigenvalue weighted by Gasteiger charge is 2.47. The molecule has 0 aliphatic carbocycles. The predicted octanol–water partition coefficient (Wildman–Crippen LogP) is 4.13. The Morgan fingerprint density at radius 3 is 2.38 bits per heavy atom. The first-order valence-electron chi connectivity index (χ1n) is 10.9. The van der Waals surface area contributed by atoms with Crippen LogP contribution in [-0.4, -0.2) is 28.8 Å². The van der Waals surface area contributed by atoms with Crippen molar-refractivity contribution in [1.82, 2.24) is 10.7 Å². The molecule has 5 nitrogen and oxygen atoms in total. The number of carbonyl (C=O) groups excluding carboxylic acids is 2. The average molecular weight is 427 g/mol. The van der Waals surface area contributed by atoms with Gasteiger partial charge in [-0.1, -0.05) is 74.0 Å². The standard InChI is InChI=1S/C27H27N3O2/c1-18(2)21-14-12-20(13-15-21)17-30-25(22-9-5-4-6-10-22)24(27(32)29-30)28-26(31)23-11-7-8-19(3)16-23/h4-18,24-25H,1-3H3,(H-,28,29,31,32)/p+1/b30-17-/t24-,25-/m1/s1. The Labute approximate surface area is 188 Å². The number of hydrogen-bond donors (Lipinski definition) is 2. The third-order valence-corrected chi connectivity index (χ3v) is 5.74. The summed E-state index contributed by atoms with van der Waals surface area (Å²) in [7, 11) is 0. The third kappa shape index (κ3) is 4.62. The molecule has 1 aliphatic rings. The highest BCUT2D eigenvalue weighted by molar-refractivity contribution is 5.98. The van der Waals surface area contributed by atoms with Crippen LogP contribution in [-0.2, 0) is 4.79 Å². The molecule has 0 spiro atoms. The quantitative estimate of drug-likeness (QED) is 0.603. The molecule has 4 rings (SSSR count). The zero-order chi connectivity index (χ0) is 22.7. The molecule has 1 aliphatic heterocycles. The van der Waals surface area contributed by atoms with Gasteiger partial charge in [0.15, 0.2) is 6.04 Å².